The standard InChI is InChI=1S/C11H7Cl2NO2/c12-7-4-6(5-8(13)10(7)14)11(15)9-2-1-3-16-9/h1-5H,14H2. The SMILES string of the molecule is Nc1c(Cl)cc(C(=O)c2ccco2)cc1Cl. The smallest absolute Gasteiger partial charge is 0.228 e. The van der Waals surface area contributed by atoms with Crippen molar-refractivity contribution in [3.8, 4) is 0 Å². The molecule has 1 aromatic carbocycles. The van der Waals surface area contributed by atoms with Crippen LogP contribution in [0.4, 0.5) is 5.69 Å². The van der Waals surface area contributed by atoms with Crippen LogP contribution in [-0.2, 0) is 0 Å². The molecule has 2 aromatic rings. The van der Waals surface area contributed by atoms with Crippen molar-refractivity contribution in [3.63, 3.8) is 0 Å². The summed E-state index contributed by atoms with van der Waals surface area (Å²) in [6, 6.07) is 6.13. The summed E-state index contributed by atoms with van der Waals surface area (Å²) in [4.78, 5) is 11.9. The average molecular weight is 256 g/mol. The fraction of sp³-hybridized carbons (Fsp3) is 0. The molecule has 0 saturated heterocycles. The van der Waals surface area contributed by atoms with Crippen LogP contribution in [0.15, 0.2) is 34.9 Å². The molecule has 0 aliphatic carbocycles. The van der Waals surface area contributed by atoms with Gasteiger partial charge >= 0.3 is 0 Å². The van der Waals surface area contributed by atoms with Crippen LogP contribution in [0.5, 0.6) is 0 Å². The third kappa shape index (κ3) is 1.92. The highest BCUT2D eigenvalue weighted by molar-refractivity contribution is 6.39. The lowest BCUT2D eigenvalue weighted by Gasteiger charge is -2.04. The zero-order valence-electron chi connectivity index (χ0n) is 8.04. The molecule has 0 radical (unpaired) electrons. The molecule has 2 N–H and O–H groups in total. The molecule has 16 heavy (non-hydrogen) atoms. The van der Waals surface area contributed by atoms with Crippen LogP contribution in [0.25, 0.3) is 0 Å². The molecule has 3 nitrogen and oxygen atoms in total. The van der Waals surface area contributed by atoms with Crippen molar-refractivity contribution < 1.29 is 9.21 Å². The molecule has 1 aromatic heterocycles. The van der Waals surface area contributed by atoms with Crippen molar-refractivity contribution >= 4 is 34.7 Å². The minimum absolute atomic E-state index is 0.233. The van der Waals surface area contributed by atoms with E-state index in [-0.39, 0.29) is 27.3 Å². The molecule has 0 bridgehead atoms. The van der Waals surface area contributed by atoms with E-state index in [2.05, 4.69) is 0 Å². The Morgan fingerprint density at radius 2 is 1.88 bits per heavy atom. The zero-order valence-corrected chi connectivity index (χ0v) is 9.55. The average Bonchev–Trinajstić information content (AvgIpc) is 2.77. The summed E-state index contributed by atoms with van der Waals surface area (Å²) in [6.07, 6.45) is 1.42. The summed E-state index contributed by atoms with van der Waals surface area (Å²) in [6.45, 7) is 0. The van der Waals surface area contributed by atoms with Crippen molar-refractivity contribution in [2.75, 3.05) is 5.73 Å². The molecule has 0 fully saturated rings. The van der Waals surface area contributed by atoms with Gasteiger partial charge in [-0.25, -0.2) is 0 Å². The first-order valence-electron chi connectivity index (χ1n) is 4.42. The second kappa shape index (κ2) is 4.20. The highest BCUT2D eigenvalue weighted by Gasteiger charge is 2.15. The number of anilines is 1. The summed E-state index contributed by atoms with van der Waals surface area (Å²) in [5.41, 5.74) is 6.18. The molecule has 82 valence electrons. The molecular formula is C11H7Cl2NO2. The van der Waals surface area contributed by atoms with Crippen LogP contribution < -0.4 is 5.73 Å². The summed E-state index contributed by atoms with van der Waals surface area (Å²) in [5.74, 6) is -0.0503. The van der Waals surface area contributed by atoms with E-state index < -0.39 is 0 Å². The minimum atomic E-state index is -0.284. The lowest BCUT2D eigenvalue weighted by Crippen LogP contribution is -2.01. The molecular weight excluding hydrogens is 249 g/mol. The Hall–Kier alpha value is -1.45. The van der Waals surface area contributed by atoms with Crippen LogP contribution in [0.2, 0.25) is 10.0 Å². The van der Waals surface area contributed by atoms with Crippen molar-refractivity contribution in [3.05, 3.63) is 51.9 Å². The highest BCUT2D eigenvalue weighted by atomic mass is 35.5. The van der Waals surface area contributed by atoms with Gasteiger partial charge in [-0.05, 0) is 24.3 Å². The molecule has 1 heterocycles. The lowest BCUT2D eigenvalue weighted by molar-refractivity contribution is 0.101. The van der Waals surface area contributed by atoms with Crippen molar-refractivity contribution in [2.24, 2.45) is 0 Å². The summed E-state index contributed by atoms with van der Waals surface area (Å²) in [5, 5.41) is 0.504. The van der Waals surface area contributed by atoms with Crippen LogP contribution in [-0.4, -0.2) is 5.78 Å². The molecule has 0 aliphatic rings. The molecule has 0 saturated carbocycles. The third-order valence-corrected chi connectivity index (χ3v) is 2.71. The van der Waals surface area contributed by atoms with Gasteiger partial charge in [-0.1, -0.05) is 23.2 Å². The molecule has 0 unspecified atom stereocenters. The molecule has 0 amide bonds. The van der Waals surface area contributed by atoms with Gasteiger partial charge in [0.25, 0.3) is 0 Å². The number of carbonyl (C=O) groups is 1. The van der Waals surface area contributed by atoms with E-state index in [0.717, 1.165) is 0 Å². The summed E-state index contributed by atoms with van der Waals surface area (Å²) in [7, 11) is 0. The maximum absolute atomic E-state index is 11.9. The molecule has 5 heteroatoms. The van der Waals surface area contributed by atoms with Gasteiger partial charge in [0.2, 0.25) is 5.78 Å². The third-order valence-electron chi connectivity index (χ3n) is 2.09. The minimum Gasteiger partial charge on any atom is -0.461 e. The number of ketones is 1. The van der Waals surface area contributed by atoms with E-state index in [1.54, 1.807) is 12.1 Å². The van der Waals surface area contributed by atoms with Crippen molar-refractivity contribution in [1.29, 1.82) is 0 Å². The number of nitrogen functional groups attached to an aromatic ring is 1. The van der Waals surface area contributed by atoms with Gasteiger partial charge in [0.1, 0.15) is 0 Å². The van der Waals surface area contributed by atoms with Crippen LogP contribution in [0, 0.1) is 0 Å². The van der Waals surface area contributed by atoms with Crippen molar-refractivity contribution in [1.82, 2.24) is 0 Å². The van der Waals surface area contributed by atoms with Gasteiger partial charge in [-0.2, -0.15) is 0 Å². The molecule has 0 spiro atoms. The summed E-state index contributed by atoms with van der Waals surface area (Å²) < 4.78 is 4.99. The number of nitrogens with two attached hydrogens (primary N) is 1. The number of hydrogen-bond donors (Lipinski definition) is 1. The van der Waals surface area contributed by atoms with E-state index >= 15 is 0 Å². The van der Waals surface area contributed by atoms with Gasteiger partial charge in [0.15, 0.2) is 5.76 Å². The zero-order chi connectivity index (χ0) is 11.7. The molecule has 2 rings (SSSR count). The lowest BCUT2D eigenvalue weighted by atomic mass is 10.1. The summed E-state index contributed by atoms with van der Waals surface area (Å²) >= 11 is 11.7. The molecule has 0 atom stereocenters. The van der Waals surface area contributed by atoms with Crippen LogP contribution in [0.3, 0.4) is 0 Å². The number of furan rings is 1. The van der Waals surface area contributed by atoms with Gasteiger partial charge < -0.3 is 10.2 Å². The van der Waals surface area contributed by atoms with E-state index in [1.807, 2.05) is 0 Å². The fourth-order valence-corrected chi connectivity index (χ4v) is 1.75. The van der Waals surface area contributed by atoms with E-state index in [1.165, 1.54) is 18.4 Å². The van der Waals surface area contributed by atoms with E-state index in [4.69, 9.17) is 33.4 Å². The first-order valence-corrected chi connectivity index (χ1v) is 5.18. The Labute approximate surface area is 102 Å². The van der Waals surface area contributed by atoms with Gasteiger partial charge in [-0.15, -0.1) is 0 Å². The van der Waals surface area contributed by atoms with Crippen molar-refractivity contribution in [2.45, 2.75) is 0 Å². The topological polar surface area (TPSA) is 56.2 Å². The maximum Gasteiger partial charge on any atom is 0.228 e. The van der Waals surface area contributed by atoms with Gasteiger partial charge in [-0.3, -0.25) is 4.79 Å². The van der Waals surface area contributed by atoms with E-state index in [0.29, 0.717) is 5.56 Å². The van der Waals surface area contributed by atoms with Crippen LogP contribution in [0.1, 0.15) is 16.1 Å². The number of rotatable bonds is 2. The quantitative estimate of drug-likeness (QED) is 0.661. The first kappa shape index (κ1) is 11.0. The Morgan fingerprint density at radius 3 is 2.38 bits per heavy atom. The Bertz CT molecular complexity index is 512. The van der Waals surface area contributed by atoms with E-state index in [9.17, 15) is 4.79 Å². The predicted octanol–water partition coefficient (Wildman–Crippen LogP) is 3.40. The number of hydrogen-bond acceptors (Lipinski definition) is 3. The number of benzene rings is 1. The second-order valence-electron chi connectivity index (χ2n) is 3.16. The largest absolute Gasteiger partial charge is 0.461 e. The predicted molar refractivity (Wildman–Crippen MR) is 63.0 cm³/mol. The van der Waals surface area contributed by atoms with Gasteiger partial charge in [0, 0.05) is 5.56 Å². The monoisotopic (exact) mass is 255 g/mol. The Balaban J connectivity index is 2.46. The second-order valence-corrected chi connectivity index (χ2v) is 3.97. The van der Waals surface area contributed by atoms with Gasteiger partial charge in [0.05, 0.1) is 22.0 Å². The number of carbonyl (C=O) groups excluding carboxylic acids is 1. The maximum atomic E-state index is 11.9. The molecule has 0 aliphatic heterocycles. The van der Waals surface area contributed by atoms with Crippen LogP contribution >= 0.6 is 23.2 Å². The highest BCUT2D eigenvalue weighted by Crippen LogP contribution is 2.29. The Morgan fingerprint density at radius 1 is 1.25 bits per heavy atom. The Kier molecular flexibility index (Phi) is 2.90. The normalized spacial score (nSPS) is 10.4. The number of halogens is 2. The fourth-order valence-electron chi connectivity index (χ4n) is 1.27. The first-order chi connectivity index (χ1) is 7.59.